The summed E-state index contributed by atoms with van der Waals surface area (Å²) in [5.41, 5.74) is 0.0720. The average molecular weight is 400 g/mol. The van der Waals surface area contributed by atoms with E-state index in [2.05, 4.69) is 4.72 Å². The highest BCUT2D eigenvalue weighted by Gasteiger charge is 2.30. The Bertz CT molecular complexity index is 893. The summed E-state index contributed by atoms with van der Waals surface area (Å²) in [5.74, 6) is -0.373. The van der Waals surface area contributed by atoms with Gasteiger partial charge in [0.05, 0.1) is 10.5 Å². The number of hydrogen-bond donors (Lipinski definition) is 1. The van der Waals surface area contributed by atoms with E-state index in [1.54, 1.807) is 6.92 Å². The fourth-order valence-corrected chi connectivity index (χ4v) is 3.46. The van der Waals surface area contributed by atoms with Crippen LogP contribution in [0.1, 0.15) is 28.4 Å². The van der Waals surface area contributed by atoms with E-state index >= 15 is 0 Å². The summed E-state index contributed by atoms with van der Waals surface area (Å²) in [5, 5.41) is 0. The molecule has 0 spiro atoms. The molecule has 0 bridgehead atoms. The smallest absolute Gasteiger partial charge is 0.337 e. The fourth-order valence-electron chi connectivity index (χ4n) is 2.42. The summed E-state index contributed by atoms with van der Waals surface area (Å²) in [6, 6.07) is 10.0. The lowest BCUT2D eigenvalue weighted by Crippen LogP contribution is -2.26. The molecule has 0 unspecified atom stereocenters. The van der Waals surface area contributed by atoms with E-state index in [1.807, 2.05) is 0 Å². The van der Waals surface area contributed by atoms with Gasteiger partial charge in [0.2, 0.25) is 10.0 Å². The van der Waals surface area contributed by atoms with Crippen LogP contribution in [-0.2, 0) is 22.7 Å². The second-order valence-electron chi connectivity index (χ2n) is 5.88. The van der Waals surface area contributed by atoms with Gasteiger partial charge in [-0.1, -0.05) is 19.1 Å². The summed E-state index contributed by atoms with van der Waals surface area (Å²) < 4.78 is 63.9. The molecule has 2 aromatic rings. The molecule has 0 aliphatic carbocycles. The Morgan fingerprint density at radius 1 is 1.04 bits per heavy atom. The first-order valence-corrected chi connectivity index (χ1v) is 9.54. The Morgan fingerprint density at radius 3 is 2.07 bits per heavy atom. The molecule has 1 amide bonds. The van der Waals surface area contributed by atoms with Gasteiger partial charge < -0.3 is 4.90 Å². The van der Waals surface area contributed by atoms with Gasteiger partial charge in [-0.2, -0.15) is 13.2 Å². The molecule has 0 aromatic heterocycles. The molecular weight excluding hydrogens is 381 g/mol. The maximum Gasteiger partial charge on any atom is 0.416 e. The van der Waals surface area contributed by atoms with Crippen molar-refractivity contribution in [2.75, 3.05) is 13.6 Å². The van der Waals surface area contributed by atoms with Crippen molar-refractivity contribution in [2.24, 2.45) is 0 Å². The normalized spacial score (nSPS) is 12.0. The second-order valence-corrected chi connectivity index (χ2v) is 7.65. The molecule has 0 saturated heterocycles. The molecule has 146 valence electrons. The average Bonchev–Trinajstić information content (AvgIpc) is 2.61. The first-order valence-electron chi connectivity index (χ1n) is 8.06. The van der Waals surface area contributed by atoms with Crippen molar-refractivity contribution < 1.29 is 26.4 Å². The van der Waals surface area contributed by atoms with Crippen molar-refractivity contribution in [3.05, 3.63) is 65.2 Å². The largest absolute Gasteiger partial charge is 0.416 e. The number of benzene rings is 2. The number of alkyl halides is 3. The third kappa shape index (κ3) is 5.30. The Kier molecular flexibility index (Phi) is 6.27. The van der Waals surface area contributed by atoms with Crippen molar-refractivity contribution in [3.8, 4) is 0 Å². The van der Waals surface area contributed by atoms with Crippen molar-refractivity contribution in [1.82, 2.24) is 9.62 Å². The third-order valence-electron chi connectivity index (χ3n) is 3.79. The van der Waals surface area contributed by atoms with Gasteiger partial charge in [0.15, 0.2) is 0 Å². The van der Waals surface area contributed by atoms with Crippen LogP contribution in [0.5, 0.6) is 0 Å². The predicted molar refractivity (Wildman–Crippen MR) is 94.5 cm³/mol. The van der Waals surface area contributed by atoms with Crippen LogP contribution in [0.25, 0.3) is 0 Å². The topological polar surface area (TPSA) is 66.5 Å². The second kappa shape index (κ2) is 8.10. The lowest BCUT2D eigenvalue weighted by Gasteiger charge is -2.18. The van der Waals surface area contributed by atoms with Gasteiger partial charge in [-0.25, -0.2) is 13.1 Å². The summed E-state index contributed by atoms with van der Waals surface area (Å²) in [6.45, 7) is 2.03. The van der Waals surface area contributed by atoms with Gasteiger partial charge >= 0.3 is 6.18 Å². The molecule has 0 saturated carbocycles. The molecule has 5 nitrogen and oxygen atoms in total. The highest BCUT2D eigenvalue weighted by Crippen LogP contribution is 2.29. The fraction of sp³-hybridized carbons (Fsp3) is 0.278. The SMILES string of the molecule is CCNS(=O)(=O)c1ccc(C(=O)N(C)Cc2ccc(C(F)(F)F)cc2)cc1. The molecule has 0 fully saturated rings. The molecule has 2 aromatic carbocycles. The van der Waals surface area contributed by atoms with E-state index in [4.69, 9.17) is 0 Å². The molecule has 0 radical (unpaired) electrons. The maximum atomic E-state index is 12.6. The van der Waals surface area contributed by atoms with Gasteiger partial charge in [0, 0.05) is 25.7 Å². The zero-order valence-electron chi connectivity index (χ0n) is 14.7. The molecule has 2 rings (SSSR count). The summed E-state index contributed by atoms with van der Waals surface area (Å²) in [7, 11) is -2.09. The standard InChI is InChI=1S/C18H19F3N2O3S/c1-3-22-27(25,26)16-10-6-14(7-11-16)17(24)23(2)12-13-4-8-15(9-5-13)18(19,20)21/h4-11,22H,3,12H2,1-2H3. The molecule has 0 aliphatic heterocycles. The Labute approximate surface area is 155 Å². The zero-order valence-corrected chi connectivity index (χ0v) is 15.6. The highest BCUT2D eigenvalue weighted by atomic mass is 32.2. The van der Waals surface area contributed by atoms with Crippen LogP contribution in [0.2, 0.25) is 0 Å². The first kappa shape index (κ1) is 20.9. The molecule has 9 heteroatoms. The summed E-state index contributed by atoms with van der Waals surface area (Å²) >= 11 is 0. The number of hydrogen-bond acceptors (Lipinski definition) is 3. The van der Waals surface area contributed by atoms with E-state index in [1.165, 1.54) is 48.3 Å². The van der Waals surface area contributed by atoms with Crippen LogP contribution in [0, 0.1) is 0 Å². The minimum atomic E-state index is -4.41. The summed E-state index contributed by atoms with van der Waals surface area (Å²) in [4.78, 5) is 13.8. The predicted octanol–water partition coefficient (Wildman–Crippen LogP) is 3.28. The lowest BCUT2D eigenvalue weighted by molar-refractivity contribution is -0.137. The van der Waals surface area contributed by atoms with Gasteiger partial charge in [-0.05, 0) is 42.0 Å². The zero-order chi connectivity index (χ0) is 20.2. The Morgan fingerprint density at radius 2 is 1.59 bits per heavy atom. The molecule has 0 aliphatic rings. The monoisotopic (exact) mass is 400 g/mol. The maximum absolute atomic E-state index is 12.6. The highest BCUT2D eigenvalue weighted by molar-refractivity contribution is 7.89. The van der Waals surface area contributed by atoms with Crippen LogP contribution in [0.4, 0.5) is 13.2 Å². The van der Waals surface area contributed by atoms with E-state index < -0.39 is 21.8 Å². The number of nitrogens with zero attached hydrogens (tertiary/aromatic N) is 1. The minimum Gasteiger partial charge on any atom is -0.337 e. The van der Waals surface area contributed by atoms with E-state index in [9.17, 15) is 26.4 Å². The van der Waals surface area contributed by atoms with Crippen molar-refractivity contribution in [2.45, 2.75) is 24.5 Å². The molecule has 0 heterocycles. The molecular formula is C18H19F3N2O3S. The van der Waals surface area contributed by atoms with Crippen LogP contribution >= 0.6 is 0 Å². The van der Waals surface area contributed by atoms with Gasteiger partial charge in [0.1, 0.15) is 0 Å². The van der Waals surface area contributed by atoms with E-state index in [0.717, 1.165) is 12.1 Å². The first-order chi connectivity index (χ1) is 12.5. The van der Waals surface area contributed by atoms with Crippen molar-refractivity contribution in [3.63, 3.8) is 0 Å². The lowest BCUT2D eigenvalue weighted by atomic mass is 10.1. The number of sulfonamides is 1. The summed E-state index contributed by atoms with van der Waals surface area (Å²) in [6.07, 6.45) is -4.41. The number of carbonyl (C=O) groups is 1. The quantitative estimate of drug-likeness (QED) is 0.809. The van der Waals surface area contributed by atoms with Crippen LogP contribution in [0.3, 0.4) is 0 Å². The number of halogens is 3. The van der Waals surface area contributed by atoms with E-state index in [-0.39, 0.29) is 29.5 Å². The number of amides is 1. The van der Waals surface area contributed by atoms with Gasteiger partial charge in [0.25, 0.3) is 5.91 Å². The Hall–Kier alpha value is -2.39. The van der Waals surface area contributed by atoms with Gasteiger partial charge in [-0.3, -0.25) is 4.79 Å². The van der Waals surface area contributed by atoms with E-state index in [0.29, 0.717) is 5.56 Å². The molecule has 1 N–H and O–H groups in total. The van der Waals surface area contributed by atoms with Crippen molar-refractivity contribution in [1.29, 1.82) is 0 Å². The third-order valence-corrected chi connectivity index (χ3v) is 5.36. The minimum absolute atomic E-state index is 0.0475. The van der Waals surface area contributed by atoms with Crippen LogP contribution < -0.4 is 4.72 Å². The molecule has 0 atom stereocenters. The van der Waals surface area contributed by atoms with Crippen LogP contribution in [-0.4, -0.2) is 32.8 Å². The van der Waals surface area contributed by atoms with Crippen molar-refractivity contribution >= 4 is 15.9 Å². The number of carbonyl (C=O) groups excluding carboxylic acids is 1. The number of rotatable bonds is 6. The molecule has 27 heavy (non-hydrogen) atoms. The van der Waals surface area contributed by atoms with Crippen LogP contribution in [0.15, 0.2) is 53.4 Å². The Balaban J connectivity index is 2.09. The number of nitrogens with one attached hydrogen (secondary N) is 1. The van der Waals surface area contributed by atoms with Gasteiger partial charge in [-0.15, -0.1) is 0 Å².